The Morgan fingerprint density at radius 2 is 2.40 bits per heavy atom. The van der Waals surface area contributed by atoms with Crippen molar-refractivity contribution in [2.45, 2.75) is 13.0 Å². The average Bonchev–Trinajstić information content (AvgIpc) is 2.53. The Hall–Kier alpha value is -0.910. The van der Waals surface area contributed by atoms with Crippen LogP contribution in [0.4, 0.5) is 0 Å². The quantitative estimate of drug-likeness (QED) is 0.650. The van der Waals surface area contributed by atoms with Gasteiger partial charge >= 0.3 is 0 Å². The molecule has 1 aromatic heterocycles. The second-order valence-corrected chi connectivity index (χ2v) is 3.58. The highest BCUT2D eigenvalue weighted by atomic mass is 16.5. The molecular formula is C10H20N4O. The zero-order valence-corrected chi connectivity index (χ0v) is 9.66. The van der Waals surface area contributed by atoms with Gasteiger partial charge in [-0.2, -0.15) is 5.10 Å². The van der Waals surface area contributed by atoms with E-state index < -0.39 is 0 Å². The number of nitrogens with two attached hydrogens (primary N) is 1. The van der Waals surface area contributed by atoms with Crippen LogP contribution >= 0.6 is 0 Å². The van der Waals surface area contributed by atoms with Crippen LogP contribution in [-0.4, -0.2) is 36.6 Å². The Bertz CT molecular complexity index is 298. The molecule has 0 radical (unpaired) electrons. The van der Waals surface area contributed by atoms with E-state index in [0.717, 1.165) is 17.8 Å². The first-order chi connectivity index (χ1) is 7.19. The molecular weight excluding hydrogens is 192 g/mol. The zero-order chi connectivity index (χ0) is 11.3. The molecule has 1 atom stereocenters. The summed E-state index contributed by atoms with van der Waals surface area (Å²) >= 11 is 0. The highest BCUT2D eigenvalue weighted by molar-refractivity contribution is 5.20. The van der Waals surface area contributed by atoms with E-state index in [1.54, 1.807) is 7.11 Å². The van der Waals surface area contributed by atoms with Crippen LogP contribution in [0, 0.1) is 6.92 Å². The molecule has 1 unspecified atom stereocenters. The van der Waals surface area contributed by atoms with Gasteiger partial charge in [-0.05, 0) is 6.92 Å². The van der Waals surface area contributed by atoms with Gasteiger partial charge in [0.05, 0.1) is 12.3 Å². The molecule has 1 rings (SSSR count). The minimum atomic E-state index is 0.161. The first kappa shape index (κ1) is 12.2. The van der Waals surface area contributed by atoms with Crippen molar-refractivity contribution in [3.8, 4) is 0 Å². The fourth-order valence-electron chi connectivity index (χ4n) is 1.62. The van der Waals surface area contributed by atoms with Crippen LogP contribution in [0.2, 0.25) is 0 Å². The molecule has 0 saturated carbocycles. The molecule has 0 amide bonds. The van der Waals surface area contributed by atoms with Gasteiger partial charge in [0.1, 0.15) is 0 Å². The lowest BCUT2D eigenvalue weighted by atomic mass is 10.1. The Morgan fingerprint density at radius 3 is 2.87 bits per heavy atom. The van der Waals surface area contributed by atoms with E-state index in [1.807, 2.05) is 24.9 Å². The average molecular weight is 212 g/mol. The van der Waals surface area contributed by atoms with Crippen LogP contribution in [0.15, 0.2) is 6.20 Å². The van der Waals surface area contributed by atoms with Crippen molar-refractivity contribution in [3.63, 3.8) is 0 Å². The Kier molecular flexibility index (Phi) is 4.74. The number of nitrogens with one attached hydrogen (secondary N) is 1. The molecule has 5 nitrogen and oxygen atoms in total. The predicted octanol–water partition coefficient (Wildman–Crippen LogP) is -0.0357. The SMILES string of the molecule is COCCNC(CN)c1cn(C)nc1C. The monoisotopic (exact) mass is 212 g/mol. The van der Waals surface area contributed by atoms with Crippen molar-refractivity contribution in [2.75, 3.05) is 26.8 Å². The van der Waals surface area contributed by atoms with Crippen LogP contribution in [0.1, 0.15) is 17.3 Å². The molecule has 0 fully saturated rings. The standard InChI is InChI=1S/C10H20N4O/c1-8-9(7-14(2)13-8)10(6-11)12-4-5-15-3/h7,10,12H,4-6,11H2,1-3H3. The molecule has 0 aliphatic heterocycles. The fourth-order valence-corrected chi connectivity index (χ4v) is 1.62. The van der Waals surface area contributed by atoms with Crippen LogP contribution < -0.4 is 11.1 Å². The summed E-state index contributed by atoms with van der Waals surface area (Å²) in [4.78, 5) is 0. The lowest BCUT2D eigenvalue weighted by molar-refractivity contribution is 0.196. The van der Waals surface area contributed by atoms with Gasteiger partial charge in [-0.25, -0.2) is 0 Å². The number of hydrogen-bond donors (Lipinski definition) is 2. The maximum atomic E-state index is 5.72. The van der Waals surface area contributed by atoms with Crippen molar-refractivity contribution in [2.24, 2.45) is 12.8 Å². The highest BCUT2D eigenvalue weighted by Gasteiger charge is 2.13. The molecule has 15 heavy (non-hydrogen) atoms. The van der Waals surface area contributed by atoms with Gasteiger partial charge in [0.15, 0.2) is 0 Å². The van der Waals surface area contributed by atoms with E-state index in [4.69, 9.17) is 10.5 Å². The van der Waals surface area contributed by atoms with Crippen LogP contribution in [0.3, 0.4) is 0 Å². The maximum absolute atomic E-state index is 5.72. The maximum Gasteiger partial charge on any atom is 0.0641 e. The lowest BCUT2D eigenvalue weighted by Gasteiger charge is -2.15. The van der Waals surface area contributed by atoms with Gasteiger partial charge < -0.3 is 15.8 Å². The van der Waals surface area contributed by atoms with Crippen molar-refractivity contribution in [3.05, 3.63) is 17.5 Å². The molecule has 1 heterocycles. The number of methoxy groups -OCH3 is 1. The second kappa shape index (κ2) is 5.85. The van der Waals surface area contributed by atoms with E-state index in [1.165, 1.54) is 0 Å². The molecule has 0 saturated heterocycles. The molecule has 0 aliphatic rings. The van der Waals surface area contributed by atoms with Crippen molar-refractivity contribution >= 4 is 0 Å². The molecule has 1 aromatic rings. The van der Waals surface area contributed by atoms with Gasteiger partial charge in [0.25, 0.3) is 0 Å². The summed E-state index contributed by atoms with van der Waals surface area (Å²) in [5, 5.41) is 7.64. The summed E-state index contributed by atoms with van der Waals surface area (Å²) < 4.78 is 6.79. The van der Waals surface area contributed by atoms with Crippen LogP contribution in [0.25, 0.3) is 0 Å². The van der Waals surface area contributed by atoms with E-state index in [-0.39, 0.29) is 6.04 Å². The van der Waals surface area contributed by atoms with E-state index in [2.05, 4.69) is 10.4 Å². The number of aromatic nitrogens is 2. The number of ether oxygens (including phenoxy) is 1. The fraction of sp³-hybridized carbons (Fsp3) is 0.700. The smallest absolute Gasteiger partial charge is 0.0641 e. The van der Waals surface area contributed by atoms with Crippen molar-refractivity contribution in [1.29, 1.82) is 0 Å². The highest BCUT2D eigenvalue weighted by Crippen LogP contribution is 2.14. The molecule has 0 spiro atoms. The van der Waals surface area contributed by atoms with Crippen LogP contribution in [-0.2, 0) is 11.8 Å². The minimum Gasteiger partial charge on any atom is -0.383 e. The topological polar surface area (TPSA) is 65.1 Å². The van der Waals surface area contributed by atoms with E-state index in [9.17, 15) is 0 Å². The minimum absolute atomic E-state index is 0.161. The number of nitrogens with zero attached hydrogens (tertiary/aromatic N) is 2. The summed E-state index contributed by atoms with van der Waals surface area (Å²) in [6.45, 7) is 4.05. The molecule has 5 heteroatoms. The Morgan fingerprint density at radius 1 is 1.67 bits per heavy atom. The summed E-state index contributed by atoms with van der Waals surface area (Å²) in [5.74, 6) is 0. The number of aryl methyl sites for hydroxylation is 2. The first-order valence-electron chi connectivity index (χ1n) is 5.11. The third-order valence-electron chi connectivity index (χ3n) is 2.36. The Balaban J connectivity index is 2.61. The normalized spacial score (nSPS) is 13.1. The summed E-state index contributed by atoms with van der Waals surface area (Å²) in [5.41, 5.74) is 7.91. The largest absolute Gasteiger partial charge is 0.383 e. The summed E-state index contributed by atoms with van der Waals surface area (Å²) in [6.07, 6.45) is 2.01. The zero-order valence-electron chi connectivity index (χ0n) is 9.66. The molecule has 86 valence electrons. The molecule has 3 N–H and O–H groups in total. The van der Waals surface area contributed by atoms with Gasteiger partial charge in [-0.3, -0.25) is 4.68 Å². The summed E-state index contributed by atoms with van der Waals surface area (Å²) in [6, 6.07) is 0.161. The number of hydrogen-bond acceptors (Lipinski definition) is 4. The van der Waals surface area contributed by atoms with E-state index >= 15 is 0 Å². The van der Waals surface area contributed by atoms with Gasteiger partial charge in [0, 0.05) is 45.0 Å². The summed E-state index contributed by atoms with van der Waals surface area (Å²) in [7, 11) is 3.60. The number of rotatable bonds is 6. The van der Waals surface area contributed by atoms with Crippen molar-refractivity contribution < 1.29 is 4.74 Å². The van der Waals surface area contributed by atoms with E-state index in [0.29, 0.717) is 13.2 Å². The lowest BCUT2D eigenvalue weighted by Crippen LogP contribution is -2.30. The van der Waals surface area contributed by atoms with Crippen molar-refractivity contribution in [1.82, 2.24) is 15.1 Å². The molecule has 0 aromatic carbocycles. The second-order valence-electron chi connectivity index (χ2n) is 3.58. The predicted molar refractivity (Wildman–Crippen MR) is 59.6 cm³/mol. The third kappa shape index (κ3) is 3.30. The van der Waals surface area contributed by atoms with Gasteiger partial charge in [-0.1, -0.05) is 0 Å². The van der Waals surface area contributed by atoms with Crippen LogP contribution in [0.5, 0.6) is 0 Å². The molecule has 0 aliphatic carbocycles. The Labute approximate surface area is 90.6 Å². The molecule has 0 bridgehead atoms. The first-order valence-corrected chi connectivity index (χ1v) is 5.11. The van der Waals surface area contributed by atoms with Gasteiger partial charge in [-0.15, -0.1) is 0 Å². The third-order valence-corrected chi connectivity index (χ3v) is 2.36. The van der Waals surface area contributed by atoms with Gasteiger partial charge in [0.2, 0.25) is 0 Å².